The van der Waals surface area contributed by atoms with Crippen LogP contribution in [0, 0.1) is 13.0 Å². The molecule has 1 heterocycles. The van der Waals surface area contributed by atoms with Gasteiger partial charge in [-0.1, -0.05) is 78.9 Å². The molecule has 0 saturated carbocycles. The summed E-state index contributed by atoms with van der Waals surface area (Å²) in [5, 5.41) is 0. The molecule has 0 atom stereocenters. The number of para-hydroxylation sites is 1. The summed E-state index contributed by atoms with van der Waals surface area (Å²) < 4.78 is 1.82. The Kier molecular flexibility index (Phi) is 4.71. The molecular weight excluding hydrogens is 330 g/mol. The fraction of sp³-hybridized carbons (Fsp3) is 0.0800. The molecule has 0 fully saturated rings. The van der Waals surface area contributed by atoms with Crippen molar-refractivity contribution in [2.75, 3.05) is 0 Å². The quantitative estimate of drug-likeness (QED) is 0.495. The smallest absolute Gasteiger partial charge is 0.259 e. The third-order valence-electron chi connectivity index (χ3n) is 4.66. The summed E-state index contributed by atoms with van der Waals surface area (Å²) in [4.78, 5) is 13.5. The fourth-order valence-corrected chi connectivity index (χ4v) is 3.43. The van der Waals surface area contributed by atoms with Crippen LogP contribution >= 0.6 is 0 Å². The molecule has 0 N–H and O–H groups in total. The van der Waals surface area contributed by atoms with Gasteiger partial charge in [-0.15, -0.1) is 0 Å². The molecule has 4 aromatic rings. The molecule has 0 aliphatic carbocycles. The Hall–Kier alpha value is -3.39. The summed E-state index contributed by atoms with van der Waals surface area (Å²) in [6.07, 6.45) is 0.572. The van der Waals surface area contributed by atoms with Crippen molar-refractivity contribution in [2.24, 2.45) is 0 Å². The van der Waals surface area contributed by atoms with E-state index < -0.39 is 0 Å². The lowest BCUT2D eigenvalue weighted by molar-refractivity contribution is 0.943. The molecule has 0 saturated heterocycles. The van der Waals surface area contributed by atoms with E-state index in [1.165, 1.54) is 0 Å². The maximum atomic E-state index is 13.5. The van der Waals surface area contributed by atoms with Crippen molar-refractivity contribution < 1.29 is 0 Å². The van der Waals surface area contributed by atoms with E-state index in [9.17, 15) is 4.79 Å². The van der Waals surface area contributed by atoms with E-state index in [0.29, 0.717) is 12.0 Å². The number of aryl methyl sites for hydroxylation is 1. The molecule has 3 aromatic carbocycles. The fourth-order valence-electron chi connectivity index (χ4n) is 3.43. The predicted octanol–water partition coefficient (Wildman–Crippen LogP) is 5.20. The standard InChI is InChI=1S/C25H20NO/c1-19-17-22(18-20-11-5-2-6-12-20)25(27)26(23-15-9-4-10-16-23)24(19)21-13-7-3-8-14-21/h2-16H,18H2,1H3. The Morgan fingerprint density at radius 1 is 0.778 bits per heavy atom. The van der Waals surface area contributed by atoms with Crippen molar-refractivity contribution in [1.82, 2.24) is 4.57 Å². The molecule has 4 rings (SSSR count). The zero-order chi connectivity index (χ0) is 18.6. The van der Waals surface area contributed by atoms with Crippen LogP contribution in [0.2, 0.25) is 0 Å². The summed E-state index contributed by atoms with van der Waals surface area (Å²) in [6.45, 7) is 2.02. The van der Waals surface area contributed by atoms with E-state index in [0.717, 1.165) is 28.1 Å². The summed E-state index contributed by atoms with van der Waals surface area (Å²) in [5.41, 5.74) is 5.51. The van der Waals surface area contributed by atoms with Crippen molar-refractivity contribution in [3.63, 3.8) is 0 Å². The number of nitrogens with zero attached hydrogens (tertiary/aromatic N) is 1. The largest absolute Gasteiger partial charge is 0.276 e. The molecule has 27 heavy (non-hydrogen) atoms. The highest BCUT2D eigenvalue weighted by atomic mass is 16.1. The van der Waals surface area contributed by atoms with Crippen LogP contribution in [0.25, 0.3) is 16.9 Å². The number of pyridine rings is 1. The minimum atomic E-state index is -0.0190. The van der Waals surface area contributed by atoms with Crippen molar-refractivity contribution in [3.05, 3.63) is 124 Å². The van der Waals surface area contributed by atoms with Crippen LogP contribution in [0.4, 0.5) is 0 Å². The van der Waals surface area contributed by atoms with Gasteiger partial charge in [0.25, 0.3) is 5.56 Å². The Morgan fingerprint density at radius 2 is 1.33 bits per heavy atom. The molecule has 0 aliphatic heterocycles. The predicted molar refractivity (Wildman–Crippen MR) is 110 cm³/mol. The third-order valence-corrected chi connectivity index (χ3v) is 4.66. The number of hydrogen-bond donors (Lipinski definition) is 0. The Labute approximate surface area is 159 Å². The van der Waals surface area contributed by atoms with E-state index in [1.807, 2.05) is 102 Å². The second-order valence-electron chi connectivity index (χ2n) is 6.58. The minimum Gasteiger partial charge on any atom is -0.276 e. The molecule has 2 nitrogen and oxygen atoms in total. The van der Waals surface area contributed by atoms with Crippen molar-refractivity contribution in [3.8, 4) is 16.9 Å². The van der Waals surface area contributed by atoms with Crippen LogP contribution in [0.5, 0.6) is 0 Å². The van der Waals surface area contributed by atoms with E-state index in [4.69, 9.17) is 0 Å². The summed E-state index contributed by atoms with van der Waals surface area (Å²) in [6, 6.07) is 33.3. The first-order chi connectivity index (χ1) is 13.2. The highest BCUT2D eigenvalue weighted by molar-refractivity contribution is 5.66. The zero-order valence-electron chi connectivity index (χ0n) is 15.2. The molecule has 0 spiro atoms. The molecule has 1 radical (unpaired) electrons. The Morgan fingerprint density at radius 3 is 1.96 bits per heavy atom. The molecule has 0 amide bonds. The van der Waals surface area contributed by atoms with Crippen LogP contribution in [-0.2, 0) is 6.42 Å². The van der Waals surface area contributed by atoms with Gasteiger partial charge in [0.15, 0.2) is 0 Å². The lowest BCUT2D eigenvalue weighted by Gasteiger charge is -2.18. The molecule has 1 aromatic heterocycles. The SMILES string of the molecule is Cc1[c]c(Cc2ccccc2)c(=O)n(-c2ccccc2)c1-c1ccccc1. The highest BCUT2D eigenvalue weighted by Gasteiger charge is 2.16. The van der Waals surface area contributed by atoms with Crippen molar-refractivity contribution in [2.45, 2.75) is 13.3 Å². The van der Waals surface area contributed by atoms with Crippen LogP contribution in [0.3, 0.4) is 0 Å². The lowest BCUT2D eigenvalue weighted by Crippen LogP contribution is -2.25. The first-order valence-electron chi connectivity index (χ1n) is 9.06. The highest BCUT2D eigenvalue weighted by Crippen LogP contribution is 2.25. The van der Waals surface area contributed by atoms with Gasteiger partial charge in [-0.05, 0) is 41.8 Å². The molecule has 0 aliphatic rings. The maximum absolute atomic E-state index is 13.5. The molecule has 2 heteroatoms. The minimum absolute atomic E-state index is 0.0190. The average molecular weight is 350 g/mol. The molecule has 0 bridgehead atoms. The lowest BCUT2D eigenvalue weighted by atomic mass is 10.00. The van der Waals surface area contributed by atoms with Gasteiger partial charge in [0.1, 0.15) is 0 Å². The second kappa shape index (κ2) is 7.46. The Bertz CT molecular complexity index is 1100. The van der Waals surface area contributed by atoms with Gasteiger partial charge < -0.3 is 0 Å². The first kappa shape index (κ1) is 17.0. The van der Waals surface area contributed by atoms with E-state index in [-0.39, 0.29) is 5.56 Å². The monoisotopic (exact) mass is 350 g/mol. The summed E-state index contributed by atoms with van der Waals surface area (Å²) in [5.74, 6) is 0. The first-order valence-corrected chi connectivity index (χ1v) is 9.06. The normalized spacial score (nSPS) is 10.7. The van der Waals surface area contributed by atoms with Crippen molar-refractivity contribution in [1.29, 1.82) is 0 Å². The van der Waals surface area contributed by atoms with Crippen LogP contribution in [-0.4, -0.2) is 4.57 Å². The van der Waals surface area contributed by atoms with Gasteiger partial charge in [0.05, 0.1) is 5.69 Å². The average Bonchev–Trinajstić information content (AvgIpc) is 2.72. The molecule has 0 unspecified atom stereocenters. The van der Waals surface area contributed by atoms with Crippen LogP contribution in [0.1, 0.15) is 16.7 Å². The zero-order valence-corrected chi connectivity index (χ0v) is 15.2. The van der Waals surface area contributed by atoms with Gasteiger partial charge in [0, 0.05) is 17.7 Å². The van der Waals surface area contributed by atoms with Gasteiger partial charge in [-0.2, -0.15) is 0 Å². The number of hydrogen-bond acceptors (Lipinski definition) is 1. The molecular formula is C25H20NO. The number of aromatic nitrogens is 1. The summed E-state index contributed by atoms with van der Waals surface area (Å²) in [7, 11) is 0. The van der Waals surface area contributed by atoms with Gasteiger partial charge >= 0.3 is 0 Å². The van der Waals surface area contributed by atoms with Gasteiger partial charge in [-0.25, -0.2) is 0 Å². The van der Waals surface area contributed by atoms with Crippen LogP contribution < -0.4 is 5.56 Å². The van der Waals surface area contributed by atoms with E-state index in [2.05, 4.69) is 6.07 Å². The Balaban J connectivity index is 1.96. The molecule has 131 valence electrons. The third kappa shape index (κ3) is 3.47. The number of benzene rings is 3. The van der Waals surface area contributed by atoms with E-state index >= 15 is 0 Å². The van der Waals surface area contributed by atoms with Crippen molar-refractivity contribution >= 4 is 0 Å². The maximum Gasteiger partial charge on any atom is 0.259 e. The summed E-state index contributed by atoms with van der Waals surface area (Å²) >= 11 is 0. The van der Waals surface area contributed by atoms with Gasteiger partial charge in [-0.3, -0.25) is 9.36 Å². The topological polar surface area (TPSA) is 22.0 Å². The van der Waals surface area contributed by atoms with Crippen LogP contribution in [0.15, 0.2) is 95.8 Å². The van der Waals surface area contributed by atoms with Gasteiger partial charge in [0.2, 0.25) is 0 Å². The number of rotatable bonds is 4. The second-order valence-corrected chi connectivity index (χ2v) is 6.58. The van der Waals surface area contributed by atoms with E-state index in [1.54, 1.807) is 0 Å².